The van der Waals surface area contributed by atoms with E-state index in [1.165, 1.54) is 31.1 Å². The number of carbonyl (C=O) groups excluding carboxylic acids is 1. The fourth-order valence-electron chi connectivity index (χ4n) is 2.92. The third-order valence-electron chi connectivity index (χ3n) is 4.28. The van der Waals surface area contributed by atoms with E-state index in [1.807, 2.05) is 6.07 Å². The van der Waals surface area contributed by atoms with Crippen LogP contribution in [0.15, 0.2) is 17.0 Å². The molecule has 0 radical (unpaired) electrons. The van der Waals surface area contributed by atoms with Crippen molar-refractivity contribution in [3.63, 3.8) is 0 Å². The van der Waals surface area contributed by atoms with Crippen LogP contribution in [0.2, 0.25) is 0 Å². The first kappa shape index (κ1) is 17.3. The second-order valence-corrected chi connectivity index (χ2v) is 8.81. The van der Waals surface area contributed by atoms with Crippen LogP contribution in [-0.2, 0) is 21.9 Å². The van der Waals surface area contributed by atoms with E-state index >= 15 is 0 Å². The van der Waals surface area contributed by atoms with Gasteiger partial charge in [-0.1, -0.05) is 20.8 Å². The third kappa shape index (κ3) is 3.94. The van der Waals surface area contributed by atoms with Gasteiger partial charge in [0, 0.05) is 19.9 Å². The van der Waals surface area contributed by atoms with E-state index in [0.717, 1.165) is 46.9 Å². The molecular formula is C19H26N2O2S. The van der Waals surface area contributed by atoms with Crippen LogP contribution in [0.25, 0.3) is 11.0 Å². The number of fused-ring (bicyclic) bond motifs is 1. The van der Waals surface area contributed by atoms with Gasteiger partial charge in [0.1, 0.15) is 5.82 Å². The summed E-state index contributed by atoms with van der Waals surface area (Å²) in [4.78, 5) is 17.0. The van der Waals surface area contributed by atoms with Crippen molar-refractivity contribution in [1.29, 1.82) is 0 Å². The summed E-state index contributed by atoms with van der Waals surface area (Å²) in [7, 11) is 0. The highest BCUT2D eigenvalue weighted by Gasteiger charge is 2.26. The van der Waals surface area contributed by atoms with Gasteiger partial charge in [-0.25, -0.2) is 4.98 Å². The van der Waals surface area contributed by atoms with Crippen molar-refractivity contribution in [2.24, 2.45) is 11.3 Å². The minimum absolute atomic E-state index is 0.200. The summed E-state index contributed by atoms with van der Waals surface area (Å²) in [6.45, 7) is 11.3. The van der Waals surface area contributed by atoms with Gasteiger partial charge in [0.25, 0.3) is 0 Å². The molecule has 1 aromatic heterocycles. The standard InChI is InChI=1S/C19H26N2O2S/c1-12-16(24-23-13(2)22)9-8-15-18(12)20-17(10-19(3,4)5)21(15)11-14-6-7-14/h8-9,14H,6-7,10-11H2,1-5H3. The van der Waals surface area contributed by atoms with Crippen LogP contribution in [0.1, 0.15) is 51.9 Å². The normalized spacial score (nSPS) is 15.0. The molecule has 1 saturated carbocycles. The van der Waals surface area contributed by atoms with Gasteiger partial charge in [0.15, 0.2) is 0 Å². The Kier molecular flexibility index (Phi) is 4.65. The first-order valence-corrected chi connectivity index (χ1v) is 9.32. The van der Waals surface area contributed by atoms with Crippen molar-refractivity contribution in [3.05, 3.63) is 23.5 Å². The minimum atomic E-state index is -0.285. The summed E-state index contributed by atoms with van der Waals surface area (Å²) in [5.41, 5.74) is 3.52. The molecule has 0 atom stereocenters. The van der Waals surface area contributed by atoms with Crippen molar-refractivity contribution >= 4 is 29.0 Å². The summed E-state index contributed by atoms with van der Waals surface area (Å²) < 4.78 is 7.50. The zero-order valence-electron chi connectivity index (χ0n) is 15.2. The predicted octanol–water partition coefficient (Wildman–Crippen LogP) is 4.91. The number of rotatable bonds is 5. The number of nitrogens with zero attached hydrogens (tertiary/aromatic N) is 2. The number of imidazole rings is 1. The Morgan fingerprint density at radius 2 is 2.08 bits per heavy atom. The monoisotopic (exact) mass is 346 g/mol. The SMILES string of the molecule is CC(=O)OSc1ccc2c(nc(CC(C)(C)C)n2CC2CC2)c1C. The summed E-state index contributed by atoms with van der Waals surface area (Å²) in [6.07, 6.45) is 3.61. The molecule has 1 heterocycles. The molecule has 0 unspecified atom stereocenters. The maximum absolute atomic E-state index is 11.1. The molecule has 0 aliphatic heterocycles. The molecule has 1 aromatic carbocycles. The zero-order chi connectivity index (χ0) is 17.5. The molecule has 4 nitrogen and oxygen atoms in total. The third-order valence-corrected chi connectivity index (χ3v) is 5.22. The number of aromatic nitrogens is 2. The number of hydrogen-bond donors (Lipinski definition) is 0. The molecule has 24 heavy (non-hydrogen) atoms. The Hall–Kier alpha value is -1.49. The van der Waals surface area contributed by atoms with Gasteiger partial charge in [-0.3, -0.25) is 4.79 Å². The van der Waals surface area contributed by atoms with Crippen LogP contribution in [0.4, 0.5) is 0 Å². The highest BCUT2D eigenvalue weighted by Crippen LogP contribution is 2.36. The first-order valence-electron chi connectivity index (χ1n) is 8.58. The minimum Gasteiger partial charge on any atom is -0.386 e. The van der Waals surface area contributed by atoms with E-state index in [2.05, 4.69) is 38.3 Å². The van der Waals surface area contributed by atoms with Crippen molar-refractivity contribution in [3.8, 4) is 0 Å². The molecule has 0 spiro atoms. The van der Waals surface area contributed by atoms with Gasteiger partial charge >= 0.3 is 5.97 Å². The van der Waals surface area contributed by atoms with Crippen LogP contribution >= 0.6 is 12.0 Å². The molecule has 1 fully saturated rings. The number of benzene rings is 1. The Morgan fingerprint density at radius 1 is 1.38 bits per heavy atom. The number of carbonyl (C=O) groups is 1. The highest BCUT2D eigenvalue weighted by atomic mass is 32.2. The lowest BCUT2D eigenvalue weighted by Gasteiger charge is -2.18. The molecule has 3 rings (SSSR count). The molecule has 1 aliphatic carbocycles. The molecule has 2 aromatic rings. The Bertz CT molecular complexity index is 770. The van der Waals surface area contributed by atoms with E-state index in [-0.39, 0.29) is 11.4 Å². The van der Waals surface area contributed by atoms with Crippen LogP contribution in [0, 0.1) is 18.3 Å². The largest absolute Gasteiger partial charge is 0.386 e. The van der Waals surface area contributed by atoms with E-state index in [0.29, 0.717) is 0 Å². The maximum atomic E-state index is 11.1. The van der Waals surface area contributed by atoms with E-state index < -0.39 is 0 Å². The number of hydrogen-bond acceptors (Lipinski definition) is 4. The lowest BCUT2D eigenvalue weighted by Crippen LogP contribution is -2.15. The first-order chi connectivity index (χ1) is 11.2. The van der Waals surface area contributed by atoms with Crippen LogP contribution in [0.5, 0.6) is 0 Å². The summed E-state index contributed by atoms with van der Waals surface area (Å²) in [6, 6.07) is 4.16. The second-order valence-electron chi connectivity index (χ2n) is 8.03. The van der Waals surface area contributed by atoms with Crippen molar-refractivity contribution in [2.45, 2.75) is 65.3 Å². The molecule has 0 saturated heterocycles. The van der Waals surface area contributed by atoms with Gasteiger partial charge in [-0.05, 0) is 48.8 Å². The zero-order valence-corrected chi connectivity index (χ0v) is 16.0. The molecule has 0 N–H and O–H groups in total. The molecule has 5 heteroatoms. The van der Waals surface area contributed by atoms with Crippen LogP contribution in [0.3, 0.4) is 0 Å². The maximum Gasteiger partial charge on any atom is 0.315 e. The van der Waals surface area contributed by atoms with E-state index in [4.69, 9.17) is 9.17 Å². The lowest BCUT2D eigenvalue weighted by molar-refractivity contribution is -0.130. The molecule has 0 amide bonds. The van der Waals surface area contributed by atoms with Gasteiger partial charge in [-0.2, -0.15) is 0 Å². The van der Waals surface area contributed by atoms with E-state index in [1.54, 1.807) is 0 Å². The molecule has 1 aliphatic rings. The summed E-state index contributed by atoms with van der Waals surface area (Å²) >= 11 is 1.13. The van der Waals surface area contributed by atoms with Gasteiger partial charge in [0.2, 0.25) is 0 Å². The van der Waals surface area contributed by atoms with Crippen molar-refractivity contribution in [2.75, 3.05) is 0 Å². The average molecular weight is 346 g/mol. The van der Waals surface area contributed by atoms with E-state index in [9.17, 15) is 4.79 Å². The Morgan fingerprint density at radius 3 is 2.67 bits per heavy atom. The van der Waals surface area contributed by atoms with Crippen molar-refractivity contribution in [1.82, 2.24) is 9.55 Å². The van der Waals surface area contributed by atoms with Gasteiger partial charge < -0.3 is 8.75 Å². The van der Waals surface area contributed by atoms with Crippen molar-refractivity contribution < 1.29 is 8.98 Å². The summed E-state index contributed by atoms with van der Waals surface area (Å²) in [5, 5.41) is 0. The van der Waals surface area contributed by atoms with Gasteiger partial charge in [0.05, 0.1) is 28.0 Å². The molecule has 0 bridgehead atoms. The fraction of sp³-hybridized carbons (Fsp3) is 0.579. The predicted molar refractivity (Wildman–Crippen MR) is 98.0 cm³/mol. The van der Waals surface area contributed by atoms with Gasteiger partial charge in [-0.15, -0.1) is 0 Å². The Labute approximate surface area is 148 Å². The molecule has 130 valence electrons. The smallest absolute Gasteiger partial charge is 0.315 e. The van der Waals surface area contributed by atoms with Crippen LogP contribution < -0.4 is 0 Å². The molecular weight excluding hydrogens is 320 g/mol. The Balaban J connectivity index is 2.02. The second kappa shape index (κ2) is 6.43. The lowest BCUT2D eigenvalue weighted by atomic mass is 9.92. The fourth-order valence-corrected chi connectivity index (χ4v) is 3.47. The number of aryl methyl sites for hydroxylation is 1. The van der Waals surface area contributed by atoms with Crippen LogP contribution in [-0.4, -0.2) is 15.5 Å². The average Bonchev–Trinajstić information content (AvgIpc) is 3.21. The highest BCUT2D eigenvalue weighted by molar-refractivity contribution is 7.95. The summed E-state index contributed by atoms with van der Waals surface area (Å²) in [5.74, 6) is 1.69. The quantitative estimate of drug-likeness (QED) is 0.721. The topological polar surface area (TPSA) is 44.1 Å².